The molecule has 1 aromatic carbocycles. The van der Waals surface area contributed by atoms with Crippen LogP contribution in [0, 0.1) is 0 Å². The molecular weight excluding hydrogens is 264 g/mol. The van der Waals surface area contributed by atoms with Crippen LogP contribution in [0.3, 0.4) is 0 Å². The molecule has 0 radical (unpaired) electrons. The molecule has 1 amide bonds. The number of hydrogen-bond donors (Lipinski definition) is 2. The molecular formula is C17H26N2O2. The van der Waals surface area contributed by atoms with E-state index < -0.39 is 0 Å². The molecule has 1 aromatic rings. The maximum Gasteiger partial charge on any atom is 0.222 e. The van der Waals surface area contributed by atoms with Crippen LogP contribution in [0.4, 0.5) is 0 Å². The number of benzene rings is 1. The predicted molar refractivity (Wildman–Crippen MR) is 84.2 cm³/mol. The number of methoxy groups -OCH3 is 1. The first-order valence-electron chi connectivity index (χ1n) is 7.79. The van der Waals surface area contributed by atoms with Crippen LogP contribution < -0.4 is 15.8 Å². The van der Waals surface area contributed by atoms with Crippen LogP contribution in [0.15, 0.2) is 24.3 Å². The van der Waals surface area contributed by atoms with Crippen LogP contribution in [0.2, 0.25) is 0 Å². The summed E-state index contributed by atoms with van der Waals surface area (Å²) in [6.07, 6.45) is 5.40. The highest BCUT2D eigenvalue weighted by molar-refractivity contribution is 5.78. The van der Waals surface area contributed by atoms with E-state index in [1.54, 1.807) is 7.11 Å². The van der Waals surface area contributed by atoms with Crippen LogP contribution in [0.25, 0.3) is 0 Å². The van der Waals surface area contributed by atoms with E-state index >= 15 is 0 Å². The van der Waals surface area contributed by atoms with Crippen LogP contribution in [-0.4, -0.2) is 18.6 Å². The highest BCUT2D eigenvalue weighted by Crippen LogP contribution is 2.31. The van der Waals surface area contributed by atoms with Gasteiger partial charge in [-0.2, -0.15) is 0 Å². The topological polar surface area (TPSA) is 64.4 Å². The Morgan fingerprint density at radius 2 is 2.05 bits per heavy atom. The maximum atomic E-state index is 12.3. The summed E-state index contributed by atoms with van der Waals surface area (Å²) < 4.78 is 5.39. The largest absolute Gasteiger partial charge is 0.496 e. The van der Waals surface area contributed by atoms with E-state index in [0.29, 0.717) is 6.42 Å². The Morgan fingerprint density at radius 3 is 2.67 bits per heavy atom. The van der Waals surface area contributed by atoms with Gasteiger partial charge in [-0.3, -0.25) is 4.79 Å². The zero-order valence-electron chi connectivity index (χ0n) is 13.0. The van der Waals surface area contributed by atoms with Crippen molar-refractivity contribution in [3.8, 4) is 5.75 Å². The number of hydrogen-bond acceptors (Lipinski definition) is 3. The van der Waals surface area contributed by atoms with E-state index in [4.69, 9.17) is 10.5 Å². The van der Waals surface area contributed by atoms with Gasteiger partial charge in [0, 0.05) is 17.5 Å². The Labute approximate surface area is 127 Å². The lowest BCUT2D eigenvalue weighted by atomic mass is 9.93. The molecule has 1 unspecified atom stereocenters. The van der Waals surface area contributed by atoms with Gasteiger partial charge in [-0.15, -0.1) is 0 Å². The predicted octanol–water partition coefficient (Wildman–Crippen LogP) is 2.92. The summed E-state index contributed by atoms with van der Waals surface area (Å²) in [7, 11) is 1.65. The number of rotatable bonds is 6. The van der Waals surface area contributed by atoms with Crippen molar-refractivity contribution in [1.29, 1.82) is 0 Å². The molecule has 21 heavy (non-hydrogen) atoms. The van der Waals surface area contributed by atoms with Gasteiger partial charge >= 0.3 is 0 Å². The van der Waals surface area contributed by atoms with Crippen molar-refractivity contribution in [3.63, 3.8) is 0 Å². The normalized spacial score (nSPS) is 18.2. The summed E-state index contributed by atoms with van der Waals surface area (Å²) in [4.78, 5) is 12.3. The number of nitrogens with two attached hydrogens (primary N) is 1. The molecule has 1 aliphatic rings. The number of ether oxygens (including phenoxy) is 1. The fraction of sp³-hybridized carbons (Fsp3) is 0.588. The number of carbonyl (C=O) groups excluding carboxylic acids is 1. The molecule has 4 nitrogen and oxygen atoms in total. The summed E-state index contributed by atoms with van der Waals surface area (Å²) in [6, 6.07) is 7.80. The Kier molecular flexibility index (Phi) is 5.23. The quantitative estimate of drug-likeness (QED) is 0.846. The van der Waals surface area contributed by atoms with Gasteiger partial charge in [0.25, 0.3) is 0 Å². The summed E-state index contributed by atoms with van der Waals surface area (Å²) in [5, 5.41) is 3.11. The molecule has 0 saturated heterocycles. The second-order valence-electron chi connectivity index (χ2n) is 6.02. The molecule has 3 N–H and O–H groups in total. The number of nitrogens with one attached hydrogen (secondary N) is 1. The molecule has 1 saturated carbocycles. The van der Waals surface area contributed by atoms with Crippen molar-refractivity contribution >= 4 is 5.91 Å². The summed E-state index contributed by atoms with van der Waals surface area (Å²) >= 11 is 0. The van der Waals surface area contributed by atoms with Crippen LogP contribution in [0.5, 0.6) is 5.75 Å². The van der Waals surface area contributed by atoms with Crippen molar-refractivity contribution in [1.82, 2.24) is 5.32 Å². The lowest BCUT2D eigenvalue weighted by Gasteiger charge is -2.25. The standard InChI is InChI=1S/C17H26N2O2/c1-3-14(13-8-4-5-9-15(13)21-2)19-16(20)12-17(18)10-6-7-11-17/h4-5,8-9,14H,3,6-7,10-12,18H2,1-2H3,(H,19,20). The number of para-hydroxylation sites is 1. The van der Waals surface area contributed by atoms with Gasteiger partial charge in [-0.25, -0.2) is 0 Å². The molecule has 1 aliphatic carbocycles. The van der Waals surface area contributed by atoms with Gasteiger partial charge in [0.2, 0.25) is 5.91 Å². The Hall–Kier alpha value is -1.55. The molecule has 116 valence electrons. The third-order valence-corrected chi connectivity index (χ3v) is 4.37. The van der Waals surface area contributed by atoms with Crippen LogP contribution >= 0.6 is 0 Å². The van der Waals surface area contributed by atoms with E-state index in [9.17, 15) is 4.79 Å². The molecule has 1 atom stereocenters. The van der Waals surface area contributed by atoms with Crippen molar-refractivity contribution in [2.75, 3.05) is 7.11 Å². The Bertz CT molecular complexity index is 481. The highest BCUT2D eigenvalue weighted by atomic mass is 16.5. The second-order valence-corrected chi connectivity index (χ2v) is 6.02. The van der Waals surface area contributed by atoms with Gasteiger partial charge in [-0.05, 0) is 25.3 Å². The Balaban J connectivity index is 2.03. The first-order chi connectivity index (χ1) is 10.1. The molecule has 0 aliphatic heterocycles. The van der Waals surface area contributed by atoms with Crippen LogP contribution in [-0.2, 0) is 4.79 Å². The van der Waals surface area contributed by atoms with Gasteiger partial charge in [-0.1, -0.05) is 38.0 Å². The van der Waals surface area contributed by atoms with Crippen LogP contribution in [0.1, 0.15) is 57.1 Å². The third kappa shape index (κ3) is 3.97. The van der Waals surface area contributed by atoms with Gasteiger partial charge in [0.15, 0.2) is 0 Å². The monoisotopic (exact) mass is 290 g/mol. The second kappa shape index (κ2) is 6.94. The third-order valence-electron chi connectivity index (χ3n) is 4.37. The molecule has 4 heteroatoms. The smallest absolute Gasteiger partial charge is 0.222 e. The minimum atomic E-state index is -0.302. The average Bonchev–Trinajstić information content (AvgIpc) is 2.91. The molecule has 0 heterocycles. The van der Waals surface area contributed by atoms with Gasteiger partial charge in [0.1, 0.15) is 5.75 Å². The average molecular weight is 290 g/mol. The first kappa shape index (κ1) is 15.8. The van der Waals surface area contributed by atoms with E-state index in [2.05, 4.69) is 12.2 Å². The van der Waals surface area contributed by atoms with Crippen molar-refractivity contribution in [3.05, 3.63) is 29.8 Å². The number of carbonyl (C=O) groups is 1. The SMILES string of the molecule is CCC(NC(=O)CC1(N)CCCC1)c1ccccc1OC. The first-order valence-corrected chi connectivity index (χ1v) is 7.79. The summed E-state index contributed by atoms with van der Waals surface area (Å²) in [5.74, 6) is 0.852. The van der Waals surface area contributed by atoms with Gasteiger partial charge in [0.05, 0.1) is 13.2 Å². The fourth-order valence-electron chi connectivity index (χ4n) is 3.18. The molecule has 0 bridgehead atoms. The van der Waals surface area contributed by atoms with Gasteiger partial charge < -0.3 is 15.8 Å². The van der Waals surface area contributed by atoms with Crippen molar-refractivity contribution in [2.45, 2.75) is 57.0 Å². The summed E-state index contributed by atoms with van der Waals surface area (Å²) in [5.41, 5.74) is 7.01. The zero-order chi connectivity index (χ0) is 15.3. The number of amides is 1. The van der Waals surface area contributed by atoms with E-state index in [0.717, 1.165) is 43.4 Å². The fourth-order valence-corrected chi connectivity index (χ4v) is 3.18. The van der Waals surface area contributed by atoms with E-state index in [-0.39, 0.29) is 17.5 Å². The zero-order valence-corrected chi connectivity index (χ0v) is 13.0. The molecule has 0 spiro atoms. The minimum Gasteiger partial charge on any atom is -0.496 e. The minimum absolute atomic E-state index is 0.0290. The van der Waals surface area contributed by atoms with E-state index in [1.165, 1.54) is 0 Å². The summed E-state index contributed by atoms with van der Waals surface area (Å²) in [6.45, 7) is 2.06. The van der Waals surface area contributed by atoms with Crippen molar-refractivity contribution in [2.24, 2.45) is 5.73 Å². The van der Waals surface area contributed by atoms with E-state index in [1.807, 2.05) is 24.3 Å². The lowest BCUT2D eigenvalue weighted by Crippen LogP contribution is -2.42. The highest BCUT2D eigenvalue weighted by Gasteiger charge is 2.32. The maximum absolute atomic E-state index is 12.3. The van der Waals surface area contributed by atoms with Crippen molar-refractivity contribution < 1.29 is 9.53 Å². The molecule has 0 aromatic heterocycles. The Morgan fingerprint density at radius 1 is 1.38 bits per heavy atom. The lowest BCUT2D eigenvalue weighted by molar-refractivity contribution is -0.123. The molecule has 2 rings (SSSR count). The molecule has 1 fully saturated rings.